The number of nitrogens with one attached hydrogen (secondary N) is 1. The normalized spacial score (nSPS) is 11.2. The maximum atomic E-state index is 14.4. The smallest absolute Gasteiger partial charge is 0.268 e. The first kappa shape index (κ1) is 17.3. The standard InChI is InChI=1S/C17H10F3N5OS/c18-11-3-4-12(19)14(13(11)20)25-16(26)10-7-22-24-15(10)23-17(25)27-8-9-2-1-5-21-6-9/h1-7H,8H2,(H,22,24). The number of thioether (sulfide) groups is 1. The lowest BCUT2D eigenvalue weighted by Crippen LogP contribution is -2.24. The molecule has 10 heteroatoms. The van der Waals surface area contributed by atoms with Crippen LogP contribution in [0.1, 0.15) is 5.56 Å². The molecule has 0 aliphatic rings. The van der Waals surface area contributed by atoms with Crippen LogP contribution in [-0.2, 0) is 5.75 Å². The van der Waals surface area contributed by atoms with E-state index in [9.17, 15) is 18.0 Å². The number of benzene rings is 1. The van der Waals surface area contributed by atoms with Crippen LogP contribution in [0.3, 0.4) is 0 Å². The summed E-state index contributed by atoms with van der Waals surface area (Å²) in [5.41, 5.74) is -0.592. The zero-order valence-electron chi connectivity index (χ0n) is 13.5. The Morgan fingerprint density at radius 2 is 1.93 bits per heavy atom. The van der Waals surface area contributed by atoms with E-state index in [4.69, 9.17) is 0 Å². The first-order chi connectivity index (χ1) is 13.1. The van der Waals surface area contributed by atoms with Crippen molar-refractivity contribution in [3.63, 3.8) is 0 Å². The molecule has 0 saturated carbocycles. The third kappa shape index (κ3) is 3.08. The van der Waals surface area contributed by atoms with Gasteiger partial charge in [0.2, 0.25) is 0 Å². The Morgan fingerprint density at radius 3 is 2.70 bits per heavy atom. The molecule has 0 aliphatic heterocycles. The van der Waals surface area contributed by atoms with Gasteiger partial charge in [-0.25, -0.2) is 22.7 Å². The van der Waals surface area contributed by atoms with Crippen molar-refractivity contribution in [1.82, 2.24) is 24.7 Å². The fourth-order valence-electron chi connectivity index (χ4n) is 2.52. The molecule has 1 N–H and O–H groups in total. The molecule has 3 heterocycles. The van der Waals surface area contributed by atoms with Gasteiger partial charge in [-0.05, 0) is 23.8 Å². The third-order valence-corrected chi connectivity index (χ3v) is 4.80. The van der Waals surface area contributed by atoms with Crippen LogP contribution in [0.5, 0.6) is 0 Å². The zero-order chi connectivity index (χ0) is 19.0. The van der Waals surface area contributed by atoms with Crippen molar-refractivity contribution in [3.05, 3.63) is 76.2 Å². The molecular weight excluding hydrogens is 379 g/mol. The summed E-state index contributed by atoms with van der Waals surface area (Å²) in [7, 11) is 0. The highest BCUT2D eigenvalue weighted by Gasteiger charge is 2.22. The summed E-state index contributed by atoms with van der Waals surface area (Å²) in [5.74, 6) is -3.49. The molecule has 27 heavy (non-hydrogen) atoms. The number of pyridine rings is 1. The molecule has 1 aromatic carbocycles. The topological polar surface area (TPSA) is 76.5 Å². The number of hydrogen-bond donors (Lipinski definition) is 1. The number of aromatic nitrogens is 5. The van der Waals surface area contributed by atoms with Crippen LogP contribution in [-0.4, -0.2) is 24.7 Å². The zero-order valence-corrected chi connectivity index (χ0v) is 14.3. The number of aromatic amines is 1. The van der Waals surface area contributed by atoms with Crippen LogP contribution >= 0.6 is 11.8 Å². The van der Waals surface area contributed by atoms with Gasteiger partial charge < -0.3 is 0 Å². The van der Waals surface area contributed by atoms with E-state index in [-0.39, 0.29) is 16.2 Å². The Balaban J connectivity index is 1.92. The Hall–Kier alpha value is -3.14. The highest BCUT2D eigenvalue weighted by atomic mass is 32.2. The number of fused-ring (bicyclic) bond motifs is 1. The maximum Gasteiger partial charge on any atom is 0.270 e. The molecule has 0 amide bonds. The summed E-state index contributed by atoms with van der Waals surface area (Å²) in [6.45, 7) is 0. The van der Waals surface area contributed by atoms with Crippen molar-refractivity contribution >= 4 is 22.8 Å². The molecule has 0 radical (unpaired) electrons. The van der Waals surface area contributed by atoms with E-state index >= 15 is 0 Å². The van der Waals surface area contributed by atoms with Crippen molar-refractivity contribution in [2.75, 3.05) is 0 Å². The van der Waals surface area contributed by atoms with Gasteiger partial charge in [0, 0.05) is 18.1 Å². The Kier molecular flexibility index (Phi) is 4.40. The second kappa shape index (κ2) is 6.88. The SMILES string of the molecule is O=c1c2cn[nH]c2nc(SCc2cccnc2)n1-c1c(F)ccc(F)c1F. The average molecular weight is 389 g/mol. The van der Waals surface area contributed by atoms with Gasteiger partial charge in [0.25, 0.3) is 5.56 Å². The fourth-order valence-corrected chi connectivity index (χ4v) is 3.45. The number of hydrogen-bond acceptors (Lipinski definition) is 5. The predicted octanol–water partition coefficient (Wildman–Crippen LogP) is 3.21. The average Bonchev–Trinajstić information content (AvgIpc) is 3.15. The Bertz CT molecular complexity index is 1190. The van der Waals surface area contributed by atoms with Crippen LogP contribution in [0.15, 0.2) is 52.8 Å². The van der Waals surface area contributed by atoms with Crippen molar-refractivity contribution < 1.29 is 13.2 Å². The van der Waals surface area contributed by atoms with Crippen LogP contribution in [0, 0.1) is 17.5 Å². The quantitative estimate of drug-likeness (QED) is 0.330. The molecular formula is C17H10F3N5OS. The van der Waals surface area contributed by atoms with E-state index in [1.165, 1.54) is 6.20 Å². The van der Waals surface area contributed by atoms with E-state index in [1.54, 1.807) is 24.5 Å². The summed E-state index contributed by atoms with van der Waals surface area (Å²) in [4.78, 5) is 21.0. The molecule has 6 nitrogen and oxygen atoms in total. The molecule has 3 aromatic heterocycles. The van der Waals surface area contributed by atoms with E-state index in [0.717, 1.165) is 28.0 Å². The summed E-state index contributed by atoms with van der Waals surface area (Å²) in [5, 5.41) is 6.31. The highest BCUT2D eigenvalue weighted by molar-refractivity contribution is 7.98. The third-order valence-electron chi connectivity index (χ3n) is 3.79. The molecule has 0 bridgehead atoms. The molecule has 0 spiro atoms. The summed E-state index contributed by atoms with van der Waals surface area (Å²) < 4.78 is 43.1. The van der Waals surface area contributed by atoms with Crippen LogP contribution in [0.4, 0.5) is 13.2 Å². The summed E-state index contributed by atoms with van der Waals surface area (Å²) in [6, 6.07) is 4.96. The van der Waals surface area contributed by atoms with Gasteiger partial charge in [0.05, 0.1) is 6.20 Å². The van der Waals surface area contributed by atoms with Gasteiger partial charge in [0.15, 0.2) is 28.3 Å². The van der Waals surface area contributed by atoms with Gasteiger partial charge in [-0.1, -0.05) is 17.8 Å². The van der Waals surface area contributed by atoms with Crippen LogP contribution in [0.25, 0.3) is 16.7 Å². The molecule has 0 fully saturated rings. The maximum absolute atomic E-state index is 14.4. The minimum absolute atomic E-state index is 0.0102. The number of nitrogens with zero attached hydrogens (tertiary/aromatic N) is 4. The van der Waals surface area contributed by atoms with E-state index in [1.807, 2.05) is 0 Å². The fraction of sp³-hybridized carbons (Fsp3) is 0.0588. The van der Waals surface area contributed by atoms with Crippen LogP contribution < -0.4 is 5.56 Å². The summed E-state index contributed by atoms with van der Waals surface area (Å²) in [6.07, 6.45) is 4.43. The predicted molar refractivity (Wildman–Crippen MR) is 93.2 cm³/mol. The molecule has 0 unspecified atom stereocenters. The molecule has 4 rings (SSSR count). The molecule has 0 atom stereocenters. The molecule has 0 aliphatic carbocycles. The van der Waals surface area contributed by atoms with Crippen molar-refractivity contribution in [3.8, 4) is 5.69 Å². The first-order valence-electron chi connectivity index (χ1n) is 7.68. The monoisotopic (exact) mass is 389 g/mol. The van der Waals surface area contributed by atoms with Crippen molar-refractivity contribution in [2.24, 2.45) is 0 Å². The van der Waals surface area contributed by atoms with E-state index in [2.05, 4.69) is 20.2 Å². The van der Waals surface area contributed by atoms with E-state index < -0.39 is 28.7 Å². The minimum atomic E-state index is -1.47. The van der Waals surface area contributed by atoms with Crippen LogP contribution in [0.2, 0.25) is 0 Å². The van der Waals surface area contributed by atoms with Gasteiger partial charge in [0.1, 0.15) is 11.1 Å². The van der Waals surface area contributed by atoms with Gasteiger partial charge in [-0.15, -0.1) is 0 Å². The summed E-state index contributed by atoms with van der Waals surface area (Å²) >= 11 is 1.06. The number of H-pyrrole nitrogens is 1. The highest BCUT2D eigenvalue weighted by Crippen LogP contribution is 2.27. The van der Waals surface area contributed by atoms with E-state index in [0.29, 0.717) is 11.8 Å². The second-order valence-corrected chi connectivity index (χ2v) is 6.45. The minimum Gasteiger partial charge on any atom is -0.268 e. The van der Waals surface area contributed by atoms with Crippen molar-refractivity contribution in [1.29, 1.82) is 0 Å². The Labute approximate surface area is 154 Å². The van der Waals surface area contributed by atoms with Crippen molar-refractivity contribution in [2.45, 2.75) is 10.9 Å². The lowest BCUT2D eigenvalue weighted by Gasteiger charge is -2.13. The first-order valence-corrected chi connectivity index (χ1v) is 8.66. The number of rotatable bonds is 4. The Morgan fingerprint density at radius 1 is 1.11 bits per heavy atom. The molecule has 0 saturated heterocycles. The van der Waals surface area contributed by atoms with Gasteiger partial charge in [-0.2, -0.15) is 5.10 Å². The lowest BCUT2D eigenvalue weighted by molar-refractivity contribution is 0.483. The van der Waals surface area contributed by atoms with Gasteiger partial charge in [-0.3, -0.25) is 14.9 Å². The molecule has 4 aromatic rings. The largest absolute Gasteiger partial charge is 0.270 e. The number of halogens is 3. The second-order valence-electron chi connectivity index (χ2n) is 5.51. The molecule has 136 valence electrons. The van der Waals surface area contributed by atoms with Gasteiger partial charge >= 0.3 is 0 Å². The lowest BCUT2D eigenvalue weighted by atomic mass is 10.2.